The summed E-state index contributed by atoms with van der Waals surface area (Å²) in [6, 6.07) is 0. The predicted molar refractivity (Wildman–Crippen MR) is 55.6 cm³/mol. The molecule has 0 heterocycles. The van der Waals surface area contributed by atoms with Crippen molar-refractivity contribution in [3.63, 3.8) is 0 Å². The summed E-state index contributed by atoms with van der Waals surface area (Å²) in [4.78, 5) is 0. The number of alkyl halides is 6. The first-order valence-electron chi connectivity index (χ1n) is 4.83. The monoisotopic (exact) mass is 368 g/mol. The normalized spacial score (nSPS) is 15.2. The molecule has 14 heteroatoms. The molecule has 0 spiro atoms. The van der Waals surface area contributed by atoms with Crippen molar-refractivity contribution in [1.82, 2.24) is 0 Å². The van der Waals surface area contributed by atoms with Gasteiger partial charge in [-0.05, 0) is 0 Å². The quantitative estimate of drug-likeness (QED) is 0.403. The van der Waals surface area contributed by atoms with Crippen molar-refractivity contribution in [1.29, 1.82) is 0 Å². The van der Waals surface area contributed by atoms with Crippen LogP contribution in [0.2, 0.25) is 0 Å². The maximum atomic E-state index is 12.0. The molecule has 0 aliphatic rings. The van der Waals surface area contributed by atoms with Crippen molar-refractivity contribution in [3.8, 4) is 0 Å². The Hall–Kier alpha value is -0.600. The maximum absolute atomic E-state index is 12.0. The molecule has 0 radical (unpaired) electrons. The van der Waals surface area contributed by atoms with Gasteiger partial charge in [-0.1, -0.05) is 13.8 Å². The van der Waals surface area contributed by atoms with Crippen molar-refractivity contribution in [3.05, 3.63) is 0 Å². The van der Waals surface area contributed by atoms with Crippen molar-refractivity contribution in [2.45, 2.75) is 24.9 Å². The lowest BCUT2D eigenvalue weighted by atomic mass is 9.97. The lowest BCUT2D eigenvalue weighted by Crippen LogP contribution is -2.35. The summed E-state index contributed by atoms with van der Waals surface area (Å²) in [5, 5.41) is 0. The van der Waals surface area contributed by atoms with Crippen molar-refractivity contribution in [2.24, 2.45) is 5.41 Å². The van der Waals surface area contributed by atoms with Gasteiger partial charge in [0.25, 0.3) is 0 Å². The summed E-state index contributed by atoms with van der Waals surface area (Å²) in [6.07, 6.45) is 0. The molecule has 128 valence electrons. The minimum atomic E-state index is -5.94. The highest BCUT2D eigenvalue weighted by atomic mass is 32.2. The van der Waals surface area contributed by atoms with Gasteiger partial charge in [0.05, 0.1) is 13.2 Å². The molecule has 0 N–H and O–H groups in total. The van der Waals surface area contributed by atoms with E-state index >= 15 is 0 Å². The molecule has 0 rings (SSSR count). The summed E-state index contributed by atoms with van der Waals surface area (Å²) < 4.78 is 121. The highest BCUT2D eigenvalue weighted by Crippen LogP contribution is 2.29. The molecule has 6 nitrogen and oxygen atoms in total. The van der Waals surface area contributed by atoms with Crippen molar-refractivity contribution < 1.29 is 51.5 Å². The molecular formula is C7H10F6O6S2. The molecule has 0 aromatic rings. The molecule has 0 saturated heterocycles. The predicted octanol–water partition coefficient (Wildman–Crippen LogP) is 1.75. The highest BCUT2D eigenvalue weighted by Gasteiger charge is 2.49. The Labute approximate surface area is 116 Å². The standard InChI is InChI=1S/C7H10F6O6S2/c1-5(2,3-18-20(14,15)6(8,9)10)4-19-21(16,17)7(11,12)13/h3-4H2,1-2H3. The zero-order chi connectivity index (χ0) is 17.3. The van der Waals surface area contributed by atoms with Gasteiger partial charge < -0.3 is 0 Å². The van der Waals surface area contributed by atoms with E-state index in [4.69, 9.17) is 0 Å². The van der Waals surface area contributed by atoms with Crippen LogP contribution in [0, 0.1) is 5.41 Å². The third-order valence-corrected chi connectivity index (χ3v) is 3.77. The van der Waals surface area contributed by atoms with Gasteiger partial charge in [0, 0.05) is 5.41 Å². The van der Waals surface area contributed by atoms with E-state index in [1.54, 1.807) is 0 Å². The van der Waals surface area contributed by atoms with Crippen LogP contribution >= 0.6 is 0 Å². The summed E-state index contributed by atoms with van der Waals surface area (Å²) in [6.45, 7) is -0.569. The van der Waals surface area contributed by atoms with Crippen LogP contribution in [0.15, 0.2) is 0 Å². The summed E-state index contributed by atoms with van der Waals surface area (Å²) in [5.74, 6) is 0. The minimum absolute atomic E-state index is 0.949. The maximum Gasteiger partial charge on any atom is 0.523 e. The van der Waals surface area contributed by atoms with Gasteiger partial charge in [-0.25, -0.2) is 0 Å². The minimum Gasteiger partial charge on any atom is -0.263 e. The Bertz CT molecular complexity index is 507. The van der Waals surface area contributed by atoms with E-state index in [1.807, 2.05) is 0 Å². The molecule has 0 aliphatic heterocycles. The van der Waals surface area contributed by atoms with E-state index in [0.717, 1.165) is 13.8 Å². The van der Waals surface area contributed by atoms with Gasteiger partial charge in [0.1, 0.15) is 0 Å². The Morgan fingerprint density at radius 2 is 0.952 bits per heavy atom. The lowest BCUT2D eigenvalue weighted by Gasteiger charge is -2.23. The second-order valence-corrected chi connectivity index (χ2v) is 7.70. The van der Waals surface area contributed by atoms with Crippen LogP contribution in [0.3, 0.4) is 0 Å². The Balaban J connectivity index is 4.76. The molecule has 0 saturated carbocycles. The molecule has 0 atom stereocenters. The average molecular weight is 368 g/mol. The summed E-state index contributed by atoms with van der Waals surface area (Å²) >= 11 is 0. The highest BCUT2D eigenvalue weighted by molar-refractivity contribution is 7.87. The van der Waals surface area contributed by atoms with Crippen LogP contribution in [0.1, 0.15) is 13.8 Å². The Morgan fingerprint density at radius 3 is 1.14 bits per heavy atom. The SMILES string of the molecule is CC(C)(COS(=O)(=O)C(F)(F)F)COS(=O)(=O)C(F)(F)F. The molecule has 0 unspecified atom stereocenters. The van der Waals surface area contributed by atoms with Gasteiger partial charge in [-0.3, -0.25) is 8.37 Å². The van der Waals surface area contributed by atoms with E-state index in [9.17, 15) is 43.2 Å². The number of rotatable bonds is 6. The van der Waals surface area contributed by atoms with Crippen LogP contribution in [-0.2, 0) is 28.6 Å². The molecule has 0 aromatic carbocycles. The fourth-order valence-corrected chi connectivity index (χ4v) is 1.87. The summed E-state index contributed by atoms with van der Waals surface area (Å²) in [5.41, 5.74) is -13.2. The van der Waals surface area contributed by atoms with Gasteiger partial charge >= 0.3 is 31.3 Å². The zero-order valence-electron chi connectivity index (χ0n) is 10.4. The van der Waals surface area contributed by atoms with E-state index in [-0.39, 0.29) is 0 Å². The van der Waals surface area contributed by atoms with Gasteiger partial charge in [0.2, 0.25) is 0 Å². The van der Waals surface area contributed by atoms with Gasteiger partial charge in [-0.15, -0.1) is 0 Å². The molecule has 0 fully saturated rings. The third-order valence-electron chi connectivity index (χ3n) is 1.78. The van der Waals surface area contributed by atoms with E-state index < -0.39 is 49.9 Å². The van der Waals surface area contributed by atoms with Crippen LogP contribution < -0.4 is 0 Å². The molecule has 0 aromatic heterocycles. The topological polar surface area (TPSA) is 86.7 Å². The Morgan fingerprint density at radius 1 is 0.714 bits per heavy atom. The first kappa shape index (κ1) is 20.4. The number of hydrogen-bond donors (Lipinski definition) is 0. The van der Waals surface area contributed by atoms with E-state index in [0.29, 0.717) is 0 Å². The van der Waals surface area contributed by atoms with Crippen LogP contribution in [0.25, 0.3) is 0 Å². The molecule has 0 amide bonds. The average Bonchev–Trinajstić information content (AvgIpc) is 2.21. The fourth-order valence-electron chi connectivity index (χ4n) is 0.649. The van der Waals surface area contributed by atoms with Crippen molar-refractivity contribution in [2.75, 3.05) is 13.2 Å². The third kappa shape index (κ3) is 5.96. The number of hydrogen-bond acceptors (Lipinski definition) is 6. The smallest absolute Gasteiger partial charge is 0.263 e. The molecule has 21 heavy (non-hydrogen) atoms. The zero-order valence-corrected chi connectivity index (χ0v) is 12.1. The van der Waals surface area contributed by atoms with Crippen LogP contribution in [0.4, 0.5) is 26.3 Å². The first-order valence-corrected chi connectivity index (χ1v) is 7.64. The van der Waals surface area contributed by atoms with Gasteiger partial charge in [-0.2, -0.15) is 43.2 Å². The fraction of sp³-hybridized carbons (Fsp3) is 1.00. The summed E-state index contributed by atoms with van der Waals surface area (Å²) in [7, 11) is -11.9. The largest absolute Gasteiger partial charge is 0.523 e. The van der Waals surface area contributed by atoms with Crippen LogP contribution in [0.5, 0.6) is 0 Å². The second kappa shape index (κ2) is 5.89. The van der Waals surface area contributed by atoms with Gasteiger partial charge in [0.15, 0.2) is 0 Å². The number of halogens is 6. The van der Waals surface area contributed by atoms with Crippen LogP contribution in [-0.4, -0.2) is 41.1 Å². The molecule has 0 bridgehead atoms. The second-order valence-electron chi connectivity index (χ2n) is 4.49. The van der Waals surface area contributed by atoms with E-state index in [2.05, 4.69) is 8.37 Å². The lowest BCUT2D eigenvalue weighted by molar-refractivity contribution is -0.0602. The van der Waals surface area contributed by atoms with E-state index in [1.165, 1.54) is 0 Å². The van der Waals surface area contributed by atoms with Crippen molar-refractivity contribution >= 4 is 20.2 Å². The first-order chi connectivity index (χ1) is 8.91. The molecular weight excluding hydrogens is 358 g/mol. The molecule has 0 aliphatic carbocycles. The Kier molecular flexibility index (Phi) is 5.72.